The van der Waals surface area contributed by atoms with Crippen molar-refractivity contribution in [2.24, 2.45) is 5.73 Å². The molecule has 0 aliphatic rings. The highest BCUT2D eigenvalue weighted by atomic mass is 35.5. The molecule has 0 aliphatic heterocycles. The number of rotatable bonds is 12. The summed E-state index contributed by atoms with van der Waals surface area (Å²) in [6.07, 6.45) is 0.503. The monoisotopic (exact) mass is 376 g/mol. The minimum Gasteiger partial charge on any atom is -0.481 e. The zero-order valence-corrected chi connectivity index (χ0v) is 15.5. The smallest absolute Gasteiger partial charge is 0.304 e. The Balaban J connectivity index is 2.57. The lowest BCUT2D eigenvalue weighted by Crippen LogP contribution is -2.30. The van der Waals surface area contributed by atoms with Gasteiger partial charge in [0.05, 0.1) is 19.8 Å². The van der Waals surface area contributed by atoms with Gasteiger partial charge in [-0.15, -0.1) is 23.2 Å². The fourth-order valence-electron chi connectivity index (χ4n) is 2.39. The Labute approximate surface area is 153 Å². The van der Waals surface area contributed by atoms with Crippen LogP contribution in [0.3, 0.4) is 0 Å². The predicted molar refractivity (Wildman–Crippen MR) is 97.8 cm³/mol. The largest absolute Gasteiger partial charge is 0.481 e. The number of ether oxygens (including phenoxy) is 1. The summed E-state index contributed by atoms with van der Waals surface area (Å²) in [5.74, 6) is 0.200. The standard InChI is InChI=1S/C17H26Cl2N2O3/c1-13-2-3-14(8-15(13)9-16(20)10-17(22)23)11-24-12-21(6-4-18)7-5-19/h2-3,8,16H,4-7,9-12,20H2,1H3,(H,22,23)/t16-/m0/s1. The molecular weight excluding hydrogens is 351 g/mol. The predicted octanol–water partition coefficient (Wildman–Crippen LogP) is 2.59. The summed E-state index contributed by atoms with van der Waals surface area (Å²) in [5.41, 5.74) is 9.09. The van der Waals surface area contributed by atoms with Crippen LogP contribution in [0.5, 0.6) is 0 Å². The highest BCUT2D eigenvalue weighted by Gasteiger charge is 2.11. The molecule has 0 aromatic heterocycles. The first-order chi connectivity index (χ1) is 11.5. The maximum atomic E-state index is 10.7. The zero-order valence-electron chi connectivity index (χ0n) is 14.0. The Bertz CT molecular complexity index is 509. The van der Waals surface area contributed by atoms with Crippen LogP contribution in [-0.2, 0) is 22.6 Å². The van der Waals surface area contributed by atoms with Crippen molar-refractivity contribution >= 4 is 29.2 Å². The number of hydrogen-bond acceptors (Lipinski definition) is 4. The molecule has 1 aromatic rings. The molecule has 0 radical (unpaired) electrons. The molecule has 1 rings (SSSR count). The van der Waals surface area contributed by atoms with Crippen LogP contribution >= 0.6 is 23.2 Å². The second-order valence-corrected chi connectivity index (χ2v) is 6.55. The van der Waals surface area contributed by atoms with Crippen LogP contribution in [-0.4, -0.2) is 53.6 Å². The van der Waals surface area contributed by atoms with Crippen molar-refractivity contribution < 1.29 is 14.6 Å². The van der Waals surface area contributed by atoms with Gasteiger partial charge in [0.1, 0.15) is 0 Å². The molecule has 5 nitrogen and oxygen atoms in total. The molecule has 24 heavy (non-hydrogen) atoms. The Kier molecular flexibility index (Phi) is 10.3. The molecule has 0 heterocycles. The molecular formula is C17H26Cl2N2O3. The first-order valence-electron chi connectivity index (χ1n) is 7.94. The second-order valence-electron chi connectivity index (χ2n) is 5.80. The number of carbonyl (C=O) groups is 1. The maximum absolute atomic E-state index is 10.7. The van der Waals surface area contributed by atoms with Crippen molar-refractivity contribution in [2.75, 3.05) is 31.6 Å². The number of nitrogens with two attached hydrogens (primary N) is 1. The van der Waals surface area contributed by atoms with Crippen molar-refractivity contribution in [1.29, 1.82) is 0 Å². The van der Waals surface area contributed by atoms with Crippen molar-refractivity contribution in [3.05, 3.63) is 34.9 Å². The number of aryl methyl sites for hydroxylation is 1. The number of nitrogens with zero attached hydrogens (tertiary/aromatic N) is 1. The zero-order chi connectivity index (χ0) is 17.9. The molecule has 0 bridgehead atoms. The summed E-state index contributed by atoms with van der Waals surface area (Å²) in [4.78, 5) is 12.8. The van der Waals surface area contributed by atoms with Gasteiger partial charge in [-0.05, 0) is 30.0 Å². The van der Waals surface area contributed by atoms with E-state index < -0.39 is 5.97 Å². The topological polar surface area (TPSA) is 75.8 Å². The van der Waals surface area contributed by atoms with Crippen molar-refractivity contribution in [1.82, 2.24) is 4.90 Å². The van der Waals surface area contributed by atoms with E-state index in [1.54, 1.807) is 0 Å². The van der Waals surface area contributed by atoms with Gasteiger partial charge < -0.3 is 15.6 Å². The van der Waals surface area contributed by atoms with Gasteiger partial charge in [-0.2, -0.15) is 0 Å². The van der Waals surface area contributed by atoms with E-state index in [2.05, 4.69) is 4.90 Å². The van der Waals surface area contributed by atoms with Gasteiger partial charge in [-0.1, -0.05) is 18.2 Å². The molecule has 1 atom stereocenters. The summed E-state index contributed by atoms with van der Waals surface area (Å²) >= 11 is 11.5. The minimum atomic E-state index is -0.877. The molecule has 136 valence electrons. The van der Waals surface area contributed by atoms with E-state index in [0.717, 1.165) is 29.8 Å². The van der Waals surface area contributed by atoms with Crippen LogP contribution in [0.15, 0.2) is 18.2 Å². The van der Waals surface area contributed by atoms with Crippen LogP contribution < -0.4 is 5.73 Å². The van der Waals surface area contributed by atoms with Crippen LogP contribution in [0.1, 0.15) is 23.1 Å². The van der Waals surface area contributed by atoms with Gasteiger partial charge in [-0.25, -0.2) is 0 Å². The third kappa shape index (κ3) is 8.31. The quantitative estimate of drug-likeness (QED) is 0.433. The van der Waals surface area contributed by atoms with Gasteiger partial charge in [0.15, 0.2) is 0 Å². The molecule has 1 aromatic carbocycles. The summed E-state index contributed by atoms with van der Waals surface area (Å²) in [6.45, 7) is 4.41. The lowest BCUT2D eigenvalue weighted by atomic mass is 9.98. The molecule has 0 unspecified atom stereocenters. The van der Waals surface area contributed by atoms with Gasteiger partial charge in [0, 0.05) is 30.9 Å². The van der Waals surface area contributed by atoms with E-state index in [9.17, 15) is 4.79 Å². The van der Waals surface area contributed by atoms with E-state index in [-0.39, 0.29) is 12.5 Å². The van der Waals surface area contributed by atoms with E-state index in [1.807, 2.05) is 25.1 Å². The normalized spacial score (nSPS) is 12.5. The number of carboxylic acids is 1. The number of hydrogen-bond donors (Lipinski definition) is 2. The highest BCUT2D eigenvalue weighted by molar-refractivity contribution is 6.18. The molecule has 0 saturated heterocycles. The number of carboxylic acid groups (broad SMARTS) is 1. The number of benzene rings is 1. The van der Waals surface area contributed by atoms with Crippen molar-refractivity contribution in [3.63, 3.8) is 0 Å². The Morgan fingerprint density at radius 2 is 2.00 bits per heavy atom. The molecule has 7 heteroatoms. The first-order valence-corrected chi connectivity index (χ1v) is 9.01. The Morgan fingerprint density at radius 1 is 1.33 bits per heavy atom. The van der Waals surface area contributed by atoms with E-state index >= 15 is 0 Å². The van der Waals surface area contributed by atoms with Crippen molar-refractivity contribution in [2.45, 2.75) is 32.4 Å². The average Bonchev–Trinajstić information content (AvgIpc) is 2.50. The summed E-state index contributed by atoms with van der Waals surface area (Å²) in [7, 11) is 0. The SMILES string of the molecule is Cc1ccc(COCN(CCCl)CCCl)cc1C[C@H](N)CC(=O)O. The van der Waals surface area contributed by atoms with E-state index in [0.29, 0.717) is 31.5 Å². The fourth-order valence-corrected chi connectivity index (χ4v) is 2.86. The lowest BCUT2D eigenvalue weighted by Gasteiger charge is -2.20. The Morgan fingerprint density at radius 3 is 2.58 bits per heavy atom. The van der Waals surface area contributed by atoms with Gasteiger partial charge >= 0.3 is 5.97 Å². The maximum Gasteiger partial charge on any atom is 0.304 e. The fraction of sp³-hybridized carbons (Fsp3) is 0.588. The summed E-state index contributed by atoms with van der Waals surface area (Å²) in [6, 6.07) is 5.66. The summed E-state index contributed by atoms with van der Waals surface area (Å²) in [5, 5.41) is 8.82. The summed E-state index contributed by atoms with van der Waals surface area (Å²) < 4.78 is 5.73. The molecule has 0 fully saturated rings. The number of aliphatic carboxylic acids is 1. The van der Waals surface area contributed by atoms with E-state index in [4.69, 9.17) is 38.8 Å². The van der Waals surface area contributed by atoms with Crippen LogP contribution in [0.25, 0.3) is 0 Å². The third-order valence-electron chi connectivity index (χ3n) is 3.68. The lowest BCUT2D eigenvalue weighted by molar-refractivity contribution is -0.137. The Hall–Kier alpha value is -0.850. The van der Waals surface area contributed by atoms with Crippen molar-refractivity contribution in [3.8, 4) is 0 Å². The molecule has 0 amide bonds. The average molecular weight is 377 g/mol. The number of alkyl halides is 2. The first kappa shape index (κ1) is 21.2. The third-order valence-corrected chi connectivity index (χ3v) is 4.01. The van der Waals surface area contributed by atoms with Gasteiger partial charge in [0.2, 0.25) is 0 Å². The number of halogens is 2. The molecule has 0 aliphatic carbocycles. The van der Waals surface area contributed by atoms with Gasteiger partial charge in [-0.3, -0.25) is 9.69 Å². The van der Waals surface area contributed by atoms with Crippen LogP contribution in [0, 0.1) is 6.92 Å². The minimum absolute atomic E-state index is 0.0357. The molecule has 3 N–H and O–H groups in total. The molecule has 0 saturated carbocycles. The van der Waals surface area contributed by atoms with Gasteiger partial charge in [0.25, 0.3) is 0 Å². The second kappa shape index (κ2) is 11.7. The van der Waals surface area contributed by atoms with E-state index in [1.165, 1.54) is 0 Å². The molecule has 0 spiro atoms. The van der Waals surface area contributed by atoms with Crippen LogP contribution in [0.2, 0.25) is 0 Å². The van der Waals surface area contributed by atoms with Crippen LogP contribution in [0.4, 0.5) is 0 Å². The highest BCUT2D eigenvalue weighted by Crippen LogP contribution is 2.15.